The molecule has 0 aromatic heterocycles. The van der Waals surface area contributed by atoms with Crippen molar-refractivity contribution in [2.24, 2.45) is 5.73 Å². The maximum atomic E-state index is 5.45. The van der Waals surface area contributed by atoms with Crippen molar-refractivity contribution in [2.75, 3.05) is 6.54 Å². The lowest BCUT2D eigenvalue weighted by atomic mass is 10.4. The highest BCUT2D eigenvalue weighted by Gasteiger charge is 2.03. The first-order valence-electron chi connectivity index (χ1n) is 3.56. The Balaban J connectivity index is 3.22. The molecule has 0 heterocycles. The number of nitrogens with two attached hydrogens (primary N) is 1. The van der Waals surface area contributed by atoms with Gasteiger partial charge in [-0.3, -0.25) is 0 Å². The molecule has 0 radical (unpaired) electrons. The van der Waals surface area contributed by atoms with Gasteiger partial charge in [0, 0.05) is 17.0 Å². The summed E-state index contributed by atoms with van der Waals surface area (Å²) >= 11 is 1.97. The molecule has 0 aliphatic carbocycles. The van der Waals surface area contributed by atoms with Gasteiger partial charge in [-0.1, -0.05) is 20.8 Å². The van der Waals surface area contributed by atoms with Crippen LogP contribution in [0.4, 0.5) is 0 Å². The van der Waals surface area contributed by atoms with Gasteiger partial charge in [-0.05, 0) is 6.42 Å². The van der Waals surface area contributed by atoms with Crippen LogP contribution in [0.25, 0.3) is 0 Å². The summed E-state index contributed by atoms with van der Waals surface area (Å²) in [5.41, 5.74) is 5.45. The minimum Gasteiger partial charge on any atom is -0.329 e. The van der Waals surface area contributed by atoms with Gasteiger partial charge in [0.15, 0.2) is 0 Å². The molecule has 2 unspecified atom stereocenters. The zero-order valence-electron chi connectivity index (χ0n) is 6.55. The Morgan fingerprint density at radius 3 is 2.22 bits per heavy atom. The van der Waals surface area contributed by atoms with Crippen LogP contribution in [0.15, 0.2) is 0 Å². The normalized spacial score (nSPS) is 17.3. The first-order chi connectivity index (χ1) is 4.20. The van der Waals surface area contributed by atoms with E-state index in [9.17, 15) is 0 Å². The van der Waals surface area contributed by atoms with E-state index in [1.54, 1.807) is 0 Å². The summed E-state index contributed by atoms with van der Waals surface area (Å²) in [6, 6.07) is 0. The van der Waals surface area contributed by atoms with Crippen LogP contribution in [0.2, 0.25) is 0 Å². The van der Waals surface area contributed by atoms with Crippen molar-refractivity contribution in [3.63, 3.8) is 0 Å². The summed E-state index contributed by atoms with van der Waals surface area (Å²) in [6.07, 6.45) is 1.25. The molecule has 2 heteroatoms. The Morgan fingerprint density at radius 1 is 1.33 bits per heavy atom. The molecule has 0 spiro atoms. The monoisotopic (exact) mass is 147 g/mol. The van der Waals surface area contributed by atoms with Crippen LogP contribution >= 0.6 is 11.8 Å². The molecular weight excluding hydrogens is 130 g/mol. The van der Waals surface area contributed by atoms with Gasteiger partial charge in [-0.2, -0.15) is 11.8 Å². The molecule has 0 aromatic carbocycles. The second-order valence-corrected chi connectivity index (χ2v) is 4.28. The largest absolute Gasteiger partial charge is 0.329 e. The van der Waals surface area contributed by atoms with Gasteiger partial charge in [0.2, 0.25) is 0 Å². The Morgan fingerprint density at radius 2 is 1.89 bits per heavy atom. The highest BCUT2D eigenvalue weighted by atomic mass is 32.2. The lowest BCUT2D eigenvalue weighted by Crippen LogP contribution is -2.15. The van der Waals surface area contributed by atoms with Gasteiger partial charge in [-0.15, -0.1) is 0 Å². The molecular formula is C7H17NS. The van der Waals surface area contributed by atoms with Gasteiger partial charge >= 0.3 is 0 Å². The Bertz CT molecular complexity index is 57.9. The third kappa shape index (κ3) is 4.79. The minimum absolute atomic E-state index is 0.625. The van der Waals surface area contributed by atoms with Crippen molar-refractivity contribution < 1.29 is 0 Å². The van der Waals surface area contributed by atoms with E-state index in [4.69, 9.17) is 5.73 Å². The molecule has 0 bridgehead atoms. The van der Waals surface area contributed by atoms with Crippen molar-refractivity contribution in [2.45, 2.75) is 37.7 Å². The second kappa shape index (κ2) is 5.12. The smallest absolute Gasteiger partial charge is 0.0144 e. The molecule has 2 N–H and O–H groups in total. The van der Waals surface area contributed by atoms with Crippen molar-refractivity contribution in [1.29, 1.82) is 0 Å². The Hall–Kier alpha value is 0.310. The average molecular weight is 147 g/mol. The van der Waals surface area contributed by atoms with Crippen LogP contribution in [0.5, 0.6) is 0 Å². The van der Waals surface area contributed by atoms with Crippen molar-refractivity contribution in [3.05, 3.63) is 0 Å². The van der Waals surface area contributed by atoms with E-state index in [2.05, 4.69) is 20.8 Å². The molecule has 1 nitrogen and oxygen atoms in total. The zero-order chi connectivity index (χ0) is 7.28. The fourth-order valence-corrected chi connectivity index (χ4v) is 1.65. The standard InChI is InChI=1S/C7H17NS/c1-4-6(2)9-7(3)5-8/h6-7H,4-5,8H2,1-3H3. The Labute approximate surface area is 62.4 Å². The van der Waals surface area contributed by atoms with Gasteiger partial charge in [0.25, 0.3) is 0 Å². The van der Waals surface area contributed by atoms with Crippen molar-refractivity contribution in [3.8, 4) is 0 Å². The number of hydrogen-bond donors (Lipinski definition) is 1. The molecule has 0 fully saturated rings. The summed E-state index contributed by atoms with van der Waals surface area (Å²) in [4.78, 5) is 0. The van der Waals surface area contributed by atoms with Crippen LogP contribution < -0.4 is 5.73 Å². The van der Waals surface area contributed by atoms with E-state index in [1.165, 1.54) is 6.42 Å². The van der Waals surface area contributed by atoms with Gasteiger partial charge in [-0.25, -0.2) is 0 Å². The zero-order valence-corrected chi connectivity index (χ0v) is 7.37. The summed E-state index contributed by atoms with van der Waals surface area (Å²) in [5, 5.41) is 1.39. The lowest BCUT2D eigenvalue weighted by molar-refractivity contribution is 0.878. The molecule has 0 amide bonds. The Kier molecular flexibility index (Phi) is 5.30. The molecule has 0 rings (SSSR count). The van der Waals surface area contributed by atoms with E-state index in [0.717, 1.165) is 11.8 Å². The number of hydrogen-bond acceptors (Lipinski definition) is 2. The fraction of sp³-hybridized carbons (Fsp3) is 1.00. The highest BCUT2D eigenvalue weighted by molar-refractivity contribution is 8.00. The summed E-state index contributed by atoms with van der Waals surface area (Å²) in [5.74, 6) is 0. The molecule has 0 saturated carbocycles. The fourth-order valence-electron chi connectivity index (χ4n) is 0.548. The quantitative estimate of drug-likeness (QED) is 0.657. The molecule has 0 aliphatic rings. The highest BCUT2D eigenvalue weighted by Crippen LogP contribution is 2.18. The third-order valence-electron chi connectivity index (χ3n) is 1.37. The topological polar surface area (TPSA) is 26.0 Å². The van der Waals surface area contributed by atoms with Gasteiger partial charge < -0.3 is 5.73 Å². The molecule has 56 valence electrons. The average Bonchev–Trinajstić information content (AvgIpc) is 1.87. The molecule has 0 aliphatic heterocycles. The SMILES string of the molecule is CCC(C)SC(C)CN. The number of thioether (sulfide) groups is 1. The predicted molar refractivity (Wildman–Crippen MR) is 45.9 cm³/mol. The first-order valence-corrected chi connectivity index (χ1v) is 4.50. The molecule has 0 aromatic rings. The van der Waals surface area contributed by atoms with Gasteiger partial charge in [0.1, 0.15) is 0 Å². The molecule has 0 saturated heterocycles. The maximum Gasteiger partial charge on any atom is 0.0144 e. The lowest BCUT2D eigenvalue weighted by Gasteiger charge is -2.12. The van der Waals surface area contributed by atoms with Crippen LogP contribution in [-0.2, 0) is 0 Å². The van der Waals surface area contributed by atoms with Crippen LogP contribution in [0.1, 0.15) is 27.2 Å². The van der Waals surface area contributed by atoms with E-state index in [-0.39, 0.29) is 0 Å². The van der Waals surface area contributed by atoms with Crippen LogP contribution in [0, 0.1) is 0 Å². The second-order valence-electron chi connectivity index (χ2n) is 2.40. The summed E-state index contributed by atoms with van der Waals surface area (Å²) in [7, 11) is 0. The van der Waals surface area contributed by atoms with Crippen molar-refractivity contribution in [1.82, 2.24) is 0 Å². The van der Waals surface area contributed by atoms with E-state index in [1.807, 2.05) is 11.8 Å². The molecule has 2 atom stereocenters. The molecule has 9 heavy (non-hydrogen) atoms. The summed E-state index contributed by atoms with van der Waals surface area (Å²) in [6.45, 7) is 7.43. The maximum absolute atomic E-state index is 5.45. The van der Waals surface area contributed by atoms with Gasteiger partial charge in [0.05, 0.1) is 0 Å². The summed E-state index contributed by atoms with van der Waals surface area (Å²) < 4.78 is 0. The third-order valence-corrected chi connectivity index (χ3v) is 2.83. The van der Waals surface area contributed by atoms with E-state index in [0.29, 0.717) is 5.25 Å². The van der Waals surface area contributed by atoms with E-state index >= 15 is 0 Å². The van der Waals surface area contributed by atoms with Crippen LogP contribution in [-0.4, -0.2) is 17.0 Å². The van der Waals surface area contributed by atoms with Crippen LogP contribution in [0.3, 0.4) is 0 Å². The first kappa shape index (κ1) is 9.31. The van der Waals surface area contributed by atoms with E-state index < -0.39 is 0 Å². The predicted octanol–water partition coefficient (Wildman–Crippen LogP) is 1.87. The van der Waals surface area contributed by atoms with Crippen molar-refractivity contribution >= 4 is 11.8 Å². The number of rotatable bonds is 4. The minimum atomic E-state index is 0.625.